The molecule has 14 heteroatoms. The fourth-order valence-corrected chi connectivity index (χ4v) is 7.61. The molecule has 202 valence electrons. The van der Waals surface area contributed by atoms with Crippen molar-refractivity contribution in [2.45, 2.75) is 22.8 Å². The monoisotopic (exact) mass is 561 g/mol. The van der Waals surface area contributed by atoms with E-state index in [4.69, 9.17) is 9.26 Å². The van der Waals surface area contributed by atoms with Gasteiger partial charge in [0.05, 0.1) is 11.4 Å². The number of carbonyl (C=O) groups excluding carboxylic acids is 1. The molecule has 0 saturated carbocycles. The summed E-state index contributed by atoms with van der Waals surface area (Å²) in [7, 11) is -7.69. The molecule has 0 radical (unpaired) electrons. The van der Waals surface area contributed by atoms with Gasteiger partial charge in [0.15, 0.2) is 9.84 Å². The predicted molar refractivity (Wildman–Crippen MR) is 137 cm³/mol. The number of rotatable bonds is 7. The highest BCUT2D eigenvalue weighted by Gasteiger charge is 2.36. The van der Waals surface area contributed by atoms with Gasteiger partial charge in [-0.25, -0.2) is 21.6 Å². The maximum atomic E-state index is 13.2. The van der Waals surface area contributed by atoms with Crippen LogP contribution in [0.1, 0.15) is 5.89 Å². The molecule has 3 aromatic rings. The Morgan fingerprint density at radius 3 is 2.21 bits per heavy atom. The molecule has 1 unspecified atom stereocenters. The highest BCUT2D eigenvalue weighted by Crippen LogP contribution is 2.27. The first kappa shape index (κ1) is 26.3. The van der Waals surface area contributed by atoms with Crippen LogP contribution in [0.15, 0.2) is 62.8 Å². The third-order valence-electron chi connectivity index (χ3n) is 6.50. The van der Waals surface area contributed by atoms with E-state index in [2.05, 4.69) is 10.1 Å². The molecule has 0 N–H and O–H groups in total. The molecule has 2 aliphatic heterocycles. The van der Waals surface area contributed by atoms with Crippen LogP contribution in [0, 0.1) is 6.92 Å². The number of hydrogen-bond acceptors (Lipinski definition) is 10. The van der Waals surface area contributed by atoms with Crippen molar-refractivity contribution in [2.75, 3.05) is 50.4 Å². The Bertz CT molecular complexity index is 1550. The van der Waals surface area contributed by atoms with E-state index in [1.165, 1.54) is 28.6 Å². The fourth-order valence-electron chi connectivity index (χ4n) is 4.58. The summed E-state index contributed by atoms with van der Waals surface area (Å²) in [5, 5.41) is 3.89. The van der Waals surface area contributed by atoms with E-state index in [0.29, 0.717) is 43.6 Å². The summed E-state index contributed by atoms with van der Waals surface area (Å²) >= 11 is 0. The van der Waals surface area contributed by atoms with Crippen LogP contribution in [0.25, 0.3) is 11.4 Å². The summed E-state index contributed by atoms with van der Waals surface area (Å²) in [6.07, 6.45) is 0.169. The van der Waals surface area contributed by atoms with Crippen LogP contribution in [0.4, 0.5) is 10.5 Å². The molecule has 38 heavy (non-hydrogen) atoms. The maximum absolute atomic E-state index is 13.2. The van der Waals surface area contributed by atoms with Crippen LogP contribution in [0.3, 0.4) is 0 Å². The minimum Gasteiger partial charge on any atom is -0.443 e. The number of carbonyl (C=O) groups is 1. The van der Waals surface area contributed by atoms with Crippen LogP contribution in [-0.2, 0) is 24.6 Å². The average molecular weight is 562 g/mol. The number of sulfonamides is 1. The number of nitrogens with zero attached hydrogens (tertiary/aromatic N) is 5. The standard InChI is InChI=1S/C24H27N5O7S2/c1-17-25-23(26-36-17)18-7-9-19(10-8-18)29-16-20(35-24(29)30)15-27-11-13-28(14-12-27)38(33,34)22-6-4-3-5-21(22)37(2,31)32/h3-10,20H,11-16H2,1-2H3. The zero-order valence-electron chi connectivity index (χ0n) is 20.8. The molecule has 2 aromatic carbocycles. The molecule has 0 aliphatic carbocycles. The molecule has 12 nitrogen and oxygen atoms in total. The lowest BCUT2D eigenvalue weighted by Crippen LogP contribution is -2.50. The molecule has 3 heterocycles. The van der Waals surface area contributed by atoms with Gasteiger partial charge < -0.3 is 9.26 Å². The first-order valence-electron chi connectivity index (χ1n) is 11.9. The summed E-state index contributed by atoms with van der Waals surface area (Å²) in [5.74, 6) is 0.934. The van der Waals surface area contributed by atoms with Gasteiger partial charge in [-0.1, -0.05) is 17.3 Å². The van der Waals surface area contributed by atoms with Crippen molar-refractivity contribution in [1.29, 1.82) is 0 Å². The Morgan fingerprint density at radius 1 is 0.947 bits per heavy atom. The normalized spacial score (nSPS) is 19.6. The number of piperazine rings is 1. The van der Waals surface area contributed by atoms with Crippen molar-refractivity contribution in [1.82, 2.24) is 19.3 Å². The third-order valence-corrected chi connectivity index (χ3v) is 9.74. The number of aryl methyl sites for hydroxylation is 1. The number of amides is 1. The van der Waals surface area contributed by atoms with E-state index in [-0.39, 0.29) is 29.0 Å². The average Bonchev–Trinajstić information content (AvgIpc) is 3.49. The van der Waals surface area contributed by atoms with Gasteiger partial charge in [-0.2, -0.15) is 9.29 Å². The Morgan fingerprint density at radius 2 is 1.61 bits per heavy atom. The molecule has 0 bridgehead atoms. The van der Waals surface area contributed by atoms with Gasteiger partial charge in [-0.05, 0) is 36.4 Å². The van der Waals surface area contributed by atoms with E-state index in [1.807, 2.05) is 17.0 Å². The first-order chi connectivity index (χ1) is 18.0. The Balaban J connectivity index is 1.19. The number of benzene rings is 2. The summed E-state index contributed by atoms with van der Waals surface area (Å²) < 4.78 is 62.6. The molecule has 1 amide bonds. The van der Waals surface area contributed by atoms with Crippen molar-refractivity contribution >= 4 is 31.6 Å². The molecule has 2 aliphatic rings. The molecule has 5 rings (SSSR count). The van der Waals surface area contributed by atoms with Crippen LogP contribution in [0.5, 0.6) is 0 Å². The van der Waals surface area contributed by atoms with Crippen LogP contribution in [-0.4, -0.2) is 93.9 Å². The van der Waals surface area contributed by atoms with Gasteiger partial charge in [0, 0.05) is 57.2 Å². The lowest BCUT2D eigenvalue weighted by molar-refractivity contribution is 0.0937. The zero-order valence-corrected chi connectivity index (χ0v) is 22.5. The van der Waals surface area contributed by atoms with Gasteiger partial charge in [-0.3, -0.25) is 9.80 Å². The van der Waals surface area contributed by atoms with Gasteiger partial charge in [0.2, 0.25) is 21.7 Å². The Hall–Kier alpha value is -3.33. The molecular weight excluding hydrogens is 534 g/mol. The SMILES string of the molecule is Cc1nc(-c2ccc(N3CC(CN4CCN(S(=O)(=O)c5ccccc5S(C)(=O)=O)CC4)OC3=O)cc2)no1. The highest BCUT2D eigenvalue weighted by molar-refractivity contribution is 7.93. The van der Waals surface area contributed by atoms with E-state index < -0.39 is 26.0 Å². The molecule has 2 fully saturated rings. The molecular formula is C24H27N5O7S2. The fraction of sp³-hybridized carbons (Fsp3) is 0.375. The second kappa shape index (κ2) is 10.1. The van der Waals surface area contributed by atoms with Crippen molar-refractivity contribution in [2.24, 2.45) is 0 Å². The number of hydrogen-bond donors (Lipinski definition) is 0. The second-order valence-corrected chi connectivity index (χ2v) is 13.1. The number of aromatic nitrogens is 2. The summed E-state index contributed by atoms with van der Waals surface area (Å²) in [4.78, 5) is 19.9. The summed E-state index contributed by atoms with van der Waals surface area (Å²) in [6, 6.07) is 12.8. The van der Waals surface area contributed by atoms with Gasteiger partial charge in [-0.15, -0.1) is 0 Å². The minimum absolute atomic E-state index is 0.196. The number of anilines is 1. The smallest absolute Gasteiger partial charge is 0.414 e. The number of sulfone groups is 1. The van der Waals surface area contributed by atoms with Crippen LogP contribution in [0.2, 0.25) is 0 Å². The van der Waals surface area contributed by atoms with Gasteiger partial charge in [0.25, 0.3) is 0 Å². The summed E-state index contributed by atoms with van der Waals surface area (Å²) in [5.41, 5.74) is 1.45. The van der Waals surface area contributed by atoms with Crippen molar-refractivity contribution in [3.8, 4) is 11.4 Å². The second-order valence-electron chi connectivity index (χ2n) is 9.22. The zero-order chi connectivity index (χ0) is 27.1. The minimum atomic E-state index is -3.98. The summed E-state index contributed by atoms with van der Waals surface area (Å²) in [6.45, 7) is 3.77. The van der Waals surface area contributed by atoms with E-state index in [0.717, 1.165) is 11.8 Å². The van der Waals surface area contributed by atoms with Gasteiger partial charge >= 0.3 is 6.09 Å². The Kier molecular flexibility index (Phi) is 6.98. The van der Waals surface area contributed by atoms with E-state index in [9.17, 15) is 21.6 Å². The van der Waals surface area contributed by atoms with Crippen LogP contribution >= 0.6 is 0 Å². The van der Waals surface area contributed by atoms with Crippen molar-refractivity contribution < 1.29 is 30.9 Å². The van der Waals surface area contributed by atoms with Gasteiger partial charge in [0.1, 0.15) is 11.0 Å². The van der Waals surface area contributed by atoms with Crippen molar-refractivity contribution in [3.05, 3.63) is 54.4 Å². The quantitative estimate of drug-likeness (QED) is 0.419. The van der Waals surface area contributed by atoms with Crippen LogP contribution < -0.4 is 4.90 Å². The number of cyclic esters (lactones) is 1. The van der Waals surface area contributed by atoms with E-state index >= 15 is 0 Å². The topological polar surface area (TPSA) is 143 Å². The van der Waals surface area contributed by atoms with E-state index in [1.54, 1.807) is 24.0 Å². The molecule has 0 spiro atoms. The first-order valence-corrected chi connectivity index (χ1v) is 15.3. The largest absolute Gasteiger partial charge is 0.443 e. The lowest BCUT2D eigenvalue weighted by Gasteiger charge is -2.34. The maximum Gasteiger partial charge on any atom is 0.414 e. The highest BCUT2D eigenvalue weighted by atomic mass is 32.2. The molecule has 1 aromatic heterocycles. The molecule has 2 saturated heterocycles. The van der Waals surface area contributed by atoms with Crippen molar-refractivity contribution in [3.63, 3.8) is 0 Å². The Labute approximate surface area is 220 Å². The predicted octanol–water partition coefficient (Wildman–Crippen LogP) is 1.78. The molecule has 1 atom stereocenters. The lowest BCUT2D eigenvalue weighted by atomic mass is 10.2. The third kappa shape index (κ3) is 5.29. The number of ether oxygens (including phenoxy) is 1.